The molecule has 166 valence electrons. The molecule has 0 aliphatic rings. The van der Waals surface area contributed by atoms with Gasteiger partial charge < -0.3 is 8.77 Å². The molecule has 0 fully saturated rings. The first kappa shape index (κ1) is 23.3. The average Bonchev–Trinajstić information content (AvgIpc) is 3.16. The van der Waals surface area contributed by atoms with Gasteiger partial charge in [0.25, 0.3) is 0 Å². The van der Waals surface area contributed by atoms with E-state index in [2.05, 4.69) is 15.2 Å². The van der Waals surface area contributed by atoms with Crippen molar-refractivity contribution in [1.82, 2.24) is 28.1 Å². The molecule has 2 heterocycles. The zero-order valence-corrected chi connectivity index (χ0v) is 18.2. The van der Waals surface area contributed by atoms with Crippen LogP contribution in [0.4, 0.5) is 26.3 Å². The number of aliphatic hydroxyl groups excluding tert-OH is 1. The Bertz CT molecular complexity index is 1140. The molecule has 0 saturated carbocycles. The summed E-state index contributed by atoms with van der Waals surface area (Å²) in [7, 11) is 0. The summed E-state index contributed by atoms with van der Waals surface area (Å²) >= 11 is 5.65. The minimum absolute atomic E-state index is 0.143. The van der Waals surface area contributed by atoms with Crippen LogP contribution in [0, 0.1) is 0 Å². The van der Waals surface area contributed by atoms with Crippen molar-refractivity contribution in [3.8, 4) is 11.4 Å². The molecule has 2 aromatic heterocycles. The molecular weight excluding hydrogens is 473 g/mol. The molecule has 0 unspecified atom stereocenters. The highest BCUT2D eigenvalue weighted by Crippen LogP contribution is 2.27. The maximum atomic E-state index is 12.9. The van der Waals surface area contributed by atoms with E-state index in [-0.39, 0.29) is 27.9 Å². The number of halogens is 7. The molecule has 0 aliphatic carbocycles. The number of hydrogen-bond donors (Lipinski definition) is 1. The Morgan fingerprint density at radius 3 is 2.23 bits per heavy atom. The van der Waals surface area contributed by atoms with Gasteiger partial charge in [0.05, 0.1) is 6.54 Å². The Hall–Kier alpha value is -2.34. The number of nitrogens with zero attached hydrogens (tertiary/aromatic N) is 6. The van der Waals surface area contributed by atoms with Crippen LogP contribution in [0.5, 0.6) is 0 Å². The maximum Gasteiger partial charge on any atom is 0.448 e. The van der Waals surface area contributed by atoms with E-state index in [0.29, 0.717) is 17.9 Å². The van der Waals surface area contributed by atoms with Gasteiger partial charge in [-0.1, -0.05) is 11.6 Å². The molecule has 8 nitrogen and oxygen atoms in total. The number of aromatic nitrogens is 6. The number of benzene rings is 1. The van der Waals surface area contributed by atoms with E-state index in [0.717, 1.165) is 0 Å². The molecule has 3 aromatic rings. The van der Waals surface area contributed by atoms with Gasteiger partial charge in [0.1, 0.15) is 6.54 Å². The fraction of sp³-hybridized carbons (Fsp3) is 0.333. The first-order valence-corrected chi connectivity index (χ1v) is 9.70. The molecule has 1 aromatic carbocycles. The first-order chi connectivity index (χ1) is 14.3. The lowest BCUT2D eigenvalue weighted by Crippen LogP contribution is -2.37. The molecule has 0 spiro atoms. The average molecular weight is 485 g/mol. The molecule has 1 atom stereocenters. The fourth-order valence-electron chi connectivity index (χ4n) is 2.68. The SMILES string of the molecule is O=c1n(Cc2nc(C(F)(F)F)[n]([AlH2])n2)nc(-c2ccc(Cl)cc2)n1C[C@H](O)C(F)(F)F. The second-order valence-electron chi connectivity index (χ2n) is 6.41. The van der Waals surface area contributed by atoms with Gasteiger partial charge in [0.2, 0.25) is 5.82 Å². The van der Waals surface area contributed by atoms with Crippen LogP contribution in [0.1, 0.15) is 11.6 Å². The van der Waals surface area contributed by atoms with E-state index >= 15 is 0 Å². The maximum absolute atomic E-state index is 12.9. The zero-order valence-electron chi connectivity index (χ0n) is 15.5. The topological polar surface area (TPSA) is 90.8 Å². The van der Waals surface area contributed by atoms with Crippen molar-refractivity contribution in [1.29, 1.82) is 0 Å². The molecule has 1 N–H and O–H groups in total. The Kier molecular flexibility index (Phi) is 6.25. The number of alkyl halides is 6. The summed E-state index contributed by atoms with van der Waals surface area (Å²) in [4.78, 5) is 16.0. The third kappa shape index (κ3) is 5.12. The van der Waals surface area contributed by atoms with Crippen molar-refractivity contribution in [2.24, 2.45) is 0 Å². The third-order valence-corrected chi connectivity index (χ3v) is 4.99. The standard InChI is InChI=1S/C15H10ClF6N6O2.Al.2H/c16-8-3-1-7(2-4-8)11-26-28(6-10-23-12(25-24-10)15(20,21)22)13(30)27(11)5-9(29)14(17,18)19;;;/h1-4,9,29H,5-6H2;;;/q-1;+1;;/t9-;;;/m0.../s1. The summed E-state index contributed by atoms with van der Waals surface area (Å²) in [6.45, 7) is -1.79. The second kappa shape index (κ2) is 8.30. The van der Waals surface area contributed by atoms with E-state index in [1.807, 2.05) is 0 Å². The molecule has 16 heteroatoms. The quantitative estimate of drug-likeness (QED) is 0.436. The van der Waals surface area contributed by atoms with E-state index in [4.69, 9.17) is 11.6 Å². The van der Waals surface area contributed by atoms with Gasteiger partial charge >= 0.3 is 34.6 Å². The van der Waals surface area contributed by atoms with Crippen molar-refractivity contribution in [2.45, 2.75) is 31.5 Å². The number of hydrogen-bond acceptors (Lipinski definition) is 5. The van der Waals surface area contributed by atoms with Gasteiger partial charge in [0, 0.05) is 10.6 Å². The highest BCUT2D eigenvalue weighted by atomic mass is 35.5. The van der Waals surface area contributed by atoms with Gasteiger partial charge in [0.15, 0.2) is 17.8 Å². The normalized spacial score (nSPS) is 13.5. The Balaban J connectivity index is 2.05. The highest BCUT2D eigenvalue weighted by Gasteiger charge is 2.40. The Morgan fingerprint density at radius 1 is 1.10 bits per heavy atom. The zero-order chi connectivity index (χ0) is 23.1. The van der Waals surface area contributed by atoms with Crippen molar-refractivity contribution in [3.05, 3.63) is 51.4 Å². The van der Waals surface area contributed by atoms with Crippen LogP contribution in [-0.4, -0.2) is 62.0 Å². The van der Waals surface area contributed by atoms with Gasteiger partial charge in [-0.2, -0.15) is 31.4 Å². The van der Waals surface area contributed by atoms with Gasteiger partial charge in [-0.15, -0.1) is 5.10 Å². The van der Waals surface area contributed by atoms with Crippen LogP contribution >= 0.6 is 11.6 Å². The summed E-state index contributed by atoms with van der Waals surface area (Å²) < 4.78 is 79.1. The molecule has 0 saturated heterocycles. The van der Waals surface area contributed by atoms with Crippen molar-refractivity contribution < 1.29 is 31.4 Å². The predicted molar refractivity (Wildman–Crippen MR) is 97.1 cm³/mol. The van der Waals surface area contributed by atoms with Crippen LogP contribution in [0.25, 0.3) is 11.4 Å². The van der Waals surface area contributed by atoms with Crippen LogP contribution in [-0.2, 0) is 19.3 Å². The van der Waals surface area contributed by atoms with Crippen LogP contribution in [0.3, 0.4) is 0 Å². The van der Waals surface area contributed by atoms with E-state index < -0.39 is 48.9 Å². The molecule has 3 rings (SSSR count). The molecule has 0 radical (unpaired) electrons. The molecular formula is C15H12AlClF6N6O2. The van der Waals surface area contributed by atoms with Crippen molar-refractivity contribution in [3.63, 3.8) is 0 Å². The van der Waals surface area contributed by atoms with Crippen molar-refractivity contribution >= 4 is 28.1 Å². The highest BCUT2D eigenvalue weighted by molar-refractivity contribution is 6.30. The molecule has 0 amide bonds. The van der Waals surface area contributed by atoms with Crippen LogP contribution < -0.4 is 5.69 Å². The lowest BCUT2D eigenvalue weighted by Gasteiger charge is -2.15. The third-order valence-electron chi connectivity index (χ3n) is 4.11. The first-order valence-electron chi connectivity index (χ1n) is 8.43. The van der Waals surface area contributed by atoms with E-state index in [1.165, 1.54) is 24.3 Å². The van der Waals surface area contributed by atoms with Crippen LogP contribution in [0.2, 0.25) is 5.02 Å². The Morgan fingerprint density at radius 2 is 1.71 bits per heavy atom. The minimum atomic E-state index is -5.01. The van der Waals surface area contributed by atoms with E-state index in [9.17, 15) is 36.2 Å². The minimum Gasteiger partial charge on any atom is -0.382 e. The summed E-state index contributed by atoms with van der Waals surface area (Å²) in [5.74, 6) is -1.90. The predicted octanol–water partition coefficient (Wildman–Crippen LogP) is 1.34. The summed E-state index contributed by atoms with van der Waals surface area (Å²) in [6, 6.07) is 5.59. The largest absolute Gasteiger partial charge is 0.448 e. The Labute approximate surface area is 182 Å². The van der Waals surface area contributed by atoms with Crippen LogP contribution in [0.15, 0.2) is 29.1 Å². The smallest absolute Gasteiger partial charge is 0.382 e. The lowest BCUT2D eigenvalue weighted by atomic mass is 10.2. The van der Waals surface area contributed by atoms with Crippen molar-refractivity contribution in [2.75, 3.05) is 0 Å². The second-order valence-corrected chi connectivity index (χ2v) is 7.70. The monoisotopic (exact) mass is 484 g/mol. The lowest BCUT2D eigenvalue weighted by molar-refractivity contribution is -0.207. The summed E-state index contributed by atoms with van der Waals surface area (Å²) in [6.07, 6.45) is -12.6. The molecule has 0 bridgehead atoms. The van der Waals surface area contributed by atoms with E-state index in [1.54, 1.807) is 0 Å². The summed E-state index contributed by atoms with van der Waals surface area (Å²) in [5, 5.41) is 17.3. The molecule has 0 aliphatic heterocycles. The van der Waals surface area contributed by atoms with Gasteiger partial charge in [-0.3, -0.25) is 4.57 Å². The summed E-state index contributed by atoms with van der Waals surface area (Å²) in [5.41, 5.74) is -0.890. The van der Waals surface area contributed by atoms with Gasteiger partial charge in [-0.05, 0) is 24.3 Å². The molecule has 31 heavy (non-hydrogen) atoms. The van der Waals surface area contributed by atoms with Gasteiger partial charge in [-0.25, -0.2) is 14.5 Å². The number of rotatable bonds is 5. The fourth-order valence-corrected chi connectivity index (χ4v) is 3.39. The number of aliphatic hydroxyl groups is 1.